The SMILES string of the molecule is [C]1=C\CC/C=C\CC/C=C/1. The van der Waals surface area contributed by atoms with Crippen LogP contribution in [-0.2, 0) is 0 Å². The lowest BCUT2D eigenvalue weighted by atomic mass is 10.2. The normalized spacial score (nSPS) is 28.8. The maximum Gasteiger partial charge on any atom is -0.0230 e. The fraction of sp³-hybridized carbons (Fsp3) is 0.400. The quantitative estimate of drug-likeness (QED) is 0.445. The highest BCUT2D eigenvalue weighted by Gasteiger charge is 1.80. The predicted octanol–water partition coefficient (Wildman–Crippen LogP) is 3.03. The number of allylic oxidation sites excluding steroid dienone is 6. The van der Waals surface area contributed by atoms with Gasteiger partial charge in [-0.2, -0.15) is 0 Å². The molecule has 0 atom stereocenters. The van der Waals surface area contributed by atoms with Gasteiger partial charge in [-0.1, -0.05) is 30.4 Å². The summed E-state index contributed by atoms with van der Waals surface area (Å²) in [5.74, 6) is 0. The summed E-state index contributed by atoms with van der Waals surface area (Å²) >= 11 is 0. The Hall–Kier alpha value is -0.780. The Labute approximate surface area is 62.9 Å². The van der Waals surface area contributed by atoms with Gasteiger partial charge >= 0.3 is 0 Å². The first-order valence-corrected chi connectivity index (χ1v) is 3.88. The van der Waals surface area contributed by atoms with Crippen molar-refractivity contribution in [2.75, 3.05) is 0 Å². The van der Waals surface area contributed by atoms with Crippen LogP contribution in [0.2, 0.25) is 0 Å². The van der Waals surface area contributed by atoms with Crippen LogP contribution in [0.25, 0.3) is 0 Å². The summed E-state index contributed by atoms with van der Waals surface area (Å²) in [6.07, 6.45) is 18.5. The van der Waals surface area contributed by atoms with Crippen molar-refractivity contribution in [2.24, 2.45) is 0 Å². The Bertz CT molecular complexity index is 131. The second-order valence-corrected chi connectivity index (χ2v) is 2.40. The number of rotatable bonds is 0. The van der Waals surface area contributed by atoms with Crippen LogP contribution in [0.15, 0.2) is 30.4 Å². The van der Waals surface area contributed by atoms with Crippen molar-refractivity contribution in [1.82, 2.24) is 0 Å². The Morgan fingerprint density at radius 2 is 1.50 bits per heavy atom. The van der Waals surface area contributed by atoms with Crippen molar-refractivity contribution in [3.8, 4) is 0 Å². The average molecular weight is 133 g/mol. The lowest BCUT2D eigenvalue weighted by molar-refractivity contribution is 0.995. The van der Waals surface area contributed by atoms with Crippen LogP contribution < -0.4 is 0 Å². The largest absolute Gasteiger partial charge is 0.0882 e. The molecule has 0 aromatic carbocycles. The Balaban J connectivity index is 2.38. The molecule has 0 aliphatic heterocycles. The van der Waals surface area contributed by atoms with Crippen molar-refractivity contribution < 1.29 is 0 Å². The minimum atomic E-state index is 1.13. The van der Waals surface area contributed by atoms with Crippen LogP contribution >= 0.6 is 0 Å². The summed E-state index contributed by atoms with van der Waals surface area (Å²) in [5, 5.41) is 0. The smallest absolute Gasteiger partial charge is 0.0230 e. The third-order valence-corrected chi connectivity index (χ3v) is 1.48. The molecule has 0 N–H and O–H groups in total. The standard InChI is InChI=1S/C10H13/c1-2-4-6-8-10-9-7-5-3-1/h1-2,7-9H,3-6H2/b2-1-,9-7+,10-8?. The van der Waals surface area contributed by atoms with Crippen LogP contribution in [-0.4, -0.2) is 0 Å². The summed E-state index contributed by atoms with van der Waals surface area (Å²) in [5.41, 5.74) is 0. The summed E-state index contributed by atoms with van der Waals surface area (Å²) in [6, 6.07) is 0. The first-order valence-electron chi connectivity index (χ1n) is 3.88. The second-order valence-electron chi connectivity index (χ2n) is 2.40. The summed E-state index contributed by atoms with van der Waals surface area (Å²) < 4.78 is 0. The van der Waals surface area contributed by atoms with Gasteiger partial charge in [0, 0.05) is 0 Å². The van der Waals surface area contributed by atoms with Crippen LogP contribution in [0.5, 0.6) is 0 Å². The Morgan fingerprint density at radius 3 is 2.40 bits per heavy atom. The van der Waals surface area contributed by atoms with E-state index < -0.39 is 0 Å². The molecular formula is C10H13. The van der Waals surface area contributed by atoms with E-state index in [0.717, 1.165) is 12.8 Å². The topological polar surface area (TPSA) is 0 Å². The molecule has 1 rings (SSSR count). The molecule has 0 unspecified atom stereocenters. The molecule has 53 valence electrons. The molecule has 0 saturated carbocycles. The van der Waals surface area contributed by atoms with Crippen molar-refractivity contribution in [2.45, 2.75) is 25.7 Å². The van der Waals surface area contributed by atoms with E-state index in [2.05, 4.69) is 30.4 Å². The molecule has 0 fully saturated rings. The Kier molecular flexibility index (Phi) is 3.69. The van der Waals surface area contributed by atoms with Gasteiger partial charge in [-0.3, -0.25) is 0 Å². The summed E-state index contributed by atoms with van der Waals surface area (Å²) in [7, 11) is 0. The van der Waals surface area contributed by atoms with Gasteiger partial charge in [-0.15, -0.1) is 0 Å². The maximum atomic E-state index is 3.12. The lowest BCUT2D eigenvalue weighted by Gasteiger charge is -1.89. The van der Waals surface area contributed by atoms with Gasteiger partial charge in [0.15, 0.2) is 0 Å². The van der Waals surface area contributed by atoms with Crippen LogP contribution in [0.3, 0.4) is 0 Å². The van der Waals surface area contributed by atoms with E-state index in [9.17, 15) is 0 Å². The molecule has 1 radical (unpaired) electrons. The summed E-state index contributed by atoms with van der Waals surface area (Å²) in [4.78, 5) is 0. The monoisotopic (exact) mass is 133 g/mol. The molecule has 0 bridgehead atoms. The first kappa shape index (κ1) is 7.33. The van der Waals surface area contributed by atoms with E-state index in [4.69, 9.17) is 0 Å². The fourth-order valence-corrected chi connectivity index (χ4v) is 0.910. The molecule has 0 heterocycles. The molecule has 0 heteroatoms. The van der Waals surface area contributed by atoms with E-state index in [1.807, 2.05) is 6.08 Å². The number of hydrogen-bond donors (Lipinski definition) is 0. The van der Waals surface area contributed by atoms with E-state index >= 15 is 0 Å². The third kappa shape index (κ3) is 3.29. The van der Waals surface area contributed by atoms with Crippen LogP contribution in [0, 0.1) is 6.08 Å². The summed E-state index contributed by atoms with van der Waals surface area (Å²) in [6.45, 7) is 0. The second kappa shape index (κ2) is 5.04. The zero-order valence-corrected chi connectivity index (χ0v) is 6.22. The van der Waals surface area contributed by atoms with E-state index in [1.54, 1.807) is 0 Å². The van der Waals surface area contributed by atoms with Gasteiger partial charge in [0.25, 0.3) is 0 Å². The average Bonchev–Trinajstić information content (AvgIpc) is 2.01. The highest BCUT2D eigenvalue weighted by molar-refractivity contribution is 4.98. The molecule has 10 heavy (non-hydrogen) atoms. The molecule has 0 aromatic rings. The molecular weight excluding hydrogens is 120 g/mol. The van der Waals surface area contributed by atoms with Crippen molar-refractivity contribution >= 4 is 0 Å². The van der Waals surface area contributed by atoms with Crippen molar-refractivity contribution in [1.29, 1.82) is 0 Å². The van der Waals surface area contributed by atoms with E-state index in [1.165, 1.54) is 12.8 Å². The third-order valence-electron chi connectivity index (χ3n) is 1.48. The zero-order valence-electron chi connectivity index (χ0n) is 6.22. The van der Waals surface area contributed by atoms with Crippen molar-refractivity contribution in [3.63, 3.8) is 0 Å². The molecule has 0 nitrogen and oxygen atoms in total. The van der Waals surface area contributed by atoms with Crippen molar-refractivity contribution in [3.05, 3.63) is 36.5 Å². The van der Waals surface area contributed by atoms with Gasteiger partial charge in [-0.05, 0) is 31.8 Å². The van der Waals surface area contributed by atoms with Crippen LogP contribution in [0.1, 0.15) is 25.7 Å². The van der Waals surface area contributed by atoms with Gasteiger partial charge in [0.1, 0.15) is 0 Å². The van der Waals surface area contributed by atoms with Crippen LogP contribution in [0.4, 0.5) is 0 Å². The minimum Gasteiger partial charge on any atom is -0.0882 e. The van der Waals surface area contributed by atoms with E-state index in [-0.39, 0.29) is 0 Å². The highest BCUT2D eigenvalue weighted by Crippen LogP contribution is 1.99. The van der Waals surface area contributed by atoms with Gasteiger partial charge in [0.2, 0.25) is 0 Å². The molecule has 1 aliphatic carbocycles. The molecule has 0 saturated heterocycles. The number of hydrogen-bond acceptors (Lipinski definition) is 0. The zero-order chi connectivity index (χ0) is 7.07. The van der Waals surface area contributed by atoms with Gasteiger partial charge in [0.05, 0.1) is 0 Å². The van der Waals surface area contributed by atoms with E-state index in [0.29, 0.717) is 0 Å². The Morgan fingerprint density at radius 1 is 0.800 bits per heavy atom. The predicted molar refractivity (Wildman–Crippen MR) is 44.6 cm³/mol. The molecule has 0 spiro atoms. The minimum absolute atomic E-state index is 1.13. The first-order chi connectivity index (χ1) is 5.00. The molecule has 1 aliphatic rings. The lowest BCUT2D eigenvalue weighted by Crippen LogP contribution is -1.70. The molecule has 0 aromatic heterocycles. The van der Waals surface area contributed by atoms with Gasteiger partial charge < -0.3 is 0 Å². The molecule has 0 amide bonds. The fourth-order valence-electron chi connectivity index (χ4n) is 0.910. The van der Waals surface area contributed by atoms with Gasteiger partial charge in [-0.25, -0.2) is 0 Å². The maximum absolute atomic E-state index is 3.12. The highest BCUT2D eigenvalue weighted by atomic mass is 13.9.